The molecule has 0 spiro atoms. The second-order valence-corrected chi connectivity index (χ2v) is 11.3. The maximum absolute atomic E-state index is 12.8. The monoisotopic (exact) mass is 535 g/mol. The smallest absolute Gasteiger partial charge is 0.233 e. The van der Waals surface area contributed by atoms with Crippen LogP contribution in [-0.2, 0) is 41.7 Å². The number of nitrogens with zero attached hydrogens (tertiary/aromatic N) is 4. The van der Waals surface area contributed by atoms with Gasteiger partial charge < -0.3 is 19.5 Å². The van der Waals surface area contributed by atoms with Gasteiger partial charge in [-0.1, -0.05) is 26.0 Å². The Balaban J connectivity index is 1.29. The summed E-state index contributed by atoms with van der Waals surface area (Å²) in [7, 11) is 0. The van der Waals surface area contributed by atoms with Gasteiger partial charge in [-0.25, -0.2) is 4.68 Å². The molecular weight excluding hydrogens is 490 g/mol. The number of rotatable bonds is 15. The highest BCUT2D eigenvalue weighted by atomic mass is 16.5. The Bertz CT molecular complexity index is 906. The number of ether oxygens (including phenoxy) is 3. The fourth-order valence-electron chi connectivity index (χ4n) is 5.01. The van der Waals surface area contributed by atoms with Crippen LogP contribution in [0.2, 0.25) is 0 Å². The standard InChI is InChI=1S/C27H45N5O6/c1-5-36-12-13-38-15-14-37-11-10-31-19-22(29-30-31)17-28-25(34)21-8-6-20(7-9-21)18-32-24(33)16-23(26(32)35)27(2,3)4/h19-21,23H,5-18H2,1-4H3,(H,28,34). The zero-order chi connectivity index (χ0) is 27.5. The molecule has 1 unspecified atom stereocenters. The Morgan fingerprint density at radius 2 is 1.68 bits per heavy atom. The van der Waals surface area contributed by atoms with Crippen molar-refractivity contribution in [2.75, 3.05) is 46.2 Å². The summed E-state index contributed by atoms with van der Waals surface area (Å²) in [6, 6.07) is 0. The molecule has 1 saturated heterocycles. The van der Waals surface area contributed by atoms with Gasteiger partial charge in [0.2, 0.25) is 17.7 Å². The van der Waals surface area contributed by atoms with Crippen LogP contribution < -0.4 is 5.32 Å². The Hall–Kier alpha value is -2.37. The third kappa shape index (κ3) is 9.13. The van der Waals surface area contributed by atoms with Gasteiger partial charge in [0.1, 0.15) is 5.69 Å². The zero-order valence-electron chi connectivity index (χ0n) is 23.4. The highest BCUT2D eigenvalue weighted by Crippen LogP contribution is 2.37. The van der Waals surface area contributed by atoms with Crippen molar-refractivity contribution in [1.29, 1.82) is 0 Å². The van der Waals surface area contributed by atoms with Crippen molar-refractivity contribution in [3.8, 4) is 0 Å². The Morgan fingerprint density at radius 1 is 1.03 bits per heavy atom. The second kappa shape index (κ2) is 14.7. The summed E-state index contributed by atoms with van der Waals surface area (Å²) >= 11 is 0. The molecular formula is C27H45N5O6. The van der Waals surface area contributed by atoms with Crippen molar-refractivity contribution >= 4 is 17.7 Å². The number of hydrogen-bond acceptors (Lipinski definition) is 8. The first-order valence-electron chi connectivity index (χ1n) is 13.9. The molecule has 0 radical (unpaired) electrons. The highest BCUT2D eigenvalue weighted by Gasteiger charge is 2.45. The van der Waals surface area contributed by atoms with E-state index in [4.69, 9.17) is 14.2 Å². The molecule has 11 heteroatoms. The second-order valence-electron chi connectivity index (χ2n) is 11.3. The van der Waals surface area contributed by atoms with Gasteiger partial charge in [0.15, 0.2) is 0 Å². The Labute approximate surface area is 225 Å². The number of hydrogen-bond donors (Lipinski definition) is 1. The van der Waals surface area contributed by atoms with E-state index in [2.05, 4.69) is 15.6 Å². The summed E-state index contributed by atoms with van der Waals surface area (Å²) in [4.78, 5) is 39.4. The van der Waals surface area contributed by atoms with Crippen LogP contribution >= 0.6 is 0 Å². The van der Waals surface area contributed by atoms with Gasteiger partial charge in [-0.05, 0) is 43.9 Å². The van der Waals surface area contributed by atoms with Crippen LogP contribution in [0.5, 0.6) is 0 Å². The summed E-state index contributed by atoms with van der Waals surface area (Å²) < 4.78 is 17.9. The highest BCUT2D eigenvalue weighted by molar-refractivity contribution is 6.03. The largest absolute Gasteiger partial charge is 0.379 e. The minimum Gasteiger partial charge on any atom is -0.379 e. The lowest BCUT2D eigenvalue weighted by atomic mass is 9.79. The first-order valence-corrected chi connectivity index (χ1v) is 13.9. The summed E-state index contributed by atoms with van der Waals surface area (Å²) in [5.74, 6) is -0.113. The van der Waals surface area contributed by atoms with Crippen molar-refractivity contribution in [2.45, 2.75) is 72.9 Å². The molecule has 38 heavy (non-hydrogen) atoms. The van der Waals surface area contributed by atoms with Crippen LogP contribution in [0, 0.1) is 23.2 Å². The average Bonchev–Trinajstić information content (AvgIpc) is 3.46. The number of aromatic nitrogens is 3. The van der Waals surface area contributed by atoms with Gasteiger partial charge >= 0.3 is 0 Å². The predicted molar refractivity (Wildman–Crippen MR) is 140 cm³/mol. The fourth-order valence-corrected chi connectivity index (χ4v) is 5.01. The third-order valence-electron chi connectivity index (χ3n) is 7.39. The van der Waals surface area contributed by atoms with Crippen LogP contribution in [0.3, 0.4) is 0 Å². The fraction of sp³-hybridized carbons (Fsp3) is 0.815. The van der Waals surface area contributed by atoms with E-state index in [0.29, 0.717) is 71.4 Å². The molecule has 0 bridgehead atoms. The van der Waals surface area contributed by atoms with E-state index in [1.807, 2.05) is 33.9 Å². The van der Waals surface area contributed by atoms with Crippen molar-refractivity contribution in [3.63, 3.8) is 0 Å². The molecule has 3 amide bonds. The van der Waals surface area contributed by atoms with E-state index >= 15 is 0 Å². The first kappa shape index (κ1) is 30.2. The number of amides is 3. The average molecular weight is 536 g/mol. The molecule has 214 valence electrons. The van der Waals surface area contributed by atoms with E-state index in [0.717, 1.165) is 25.7 Å². The predicted octanol–water partition coefficient (Wildman–Crippen LogP) is 2.19. The Kier molecular flexibility index (Phi) is 11.7. The molecule has 2 aliphatic rings. The topological polar surface area (TPSA) is 125 Å². The minimum atomic E-state index is -0.238. The van der Waals surface area contributed by atoms with Crippen LogP contribution in [0.4, 0.5) is 0 Å². The maximum atomic E-state index is 12.8. The van der Waals surface area contributed by atoms with Crippen LogP contribution in [-0.4, -0.2) is 83.8 Å². The molecule has 1 atom stereocenters. The number of carbonyl (C=O) groups excluding carboxylic acids is 3. The van der Waals surface area contributed by atoms with Crippen molar-refractivity contribution in [1.82, 2.24) is 25.2 Å². The molecule has 2 heterocycles. The lowest BCUT2D eigenvalue weighted by molar-refractivity contribution is -0.141. The lowest BCUT2D eigenvalue weighted by Crippen LogP contribution is -2.39. The molecule has 11 nitrogen and oxygen atoms in total. The number of likely N-dealkylation sites (tertiary alicyclic amines) is 1. The zero-order valence-corrected chi connectivity index (χ0v) is 23.4. The molecule has 3 rings (SSSR count). The quantitative estimate of drug-likeness (QED) is 0.268. The van der Waals surface area contributed by atoms with Crippen molar-refractivity contribution in [3.05, 3.63) is 11.9 Å². The molecule has 1 N–H and O–H groups in total. The van der Waals surface area contributed by atoms with Gasteiger partial charge in [0.05, 0.1) is 58.2 Å². The first-order chi connectivity index (χ1) is 18.2. The van der Waals surface area contributed by atoms with Gasteiger partial charge in [-0.2, -0.15) is 0 Å². The molecule has 1 aliphatic heterocycles. The summed E-state index contributed by atoms with van der Waals surface area (Å²) in [5, 5.41) is 11.2. The third-order valence-corrected chi connectivity index (χ3v) is 7.39. The Morgan fingerprint density at radius 3 is 2.32 bits per heavy atom. The lowest BCUT2D eigenvalue weighted by Gasteiger charge is -2.31. The van der Waals surface area contributed by atoms with Gasteiger partial charge in [0.25, 0.3) is 0 Å². The molecule has 1 aromatic rings. The van der Waals surface area contributed by atoms with E-state index in [-0.39, 0.29) is 40.9 Å². The van der Waals surface area contributed by atoms with E-state index < -0.39 is 0 Å². The summed E-state index contributed by atoms with van der Waals surface area (Å²) in [6.45, 7) is 12.7. The normalized spacial score (nSPS) is 22.3. The number of imide groups is 1. The van der Waals surface area contributed by atoms with Gasteiger partial charge in [-0.15, -0.1) is 5.10 Å². The summed E-state index contributed by atoms with van der Waals surface area (Å²) in [5.41, 5.74) is 0.487. The van der Waals surface area contributed by atoms with E-state index in [1.54, 1.807) is 4.68 Å². The molecule has 1 aliphatic carbocycles. The molecule has 1 saturated carbocycles. The van der Waals surface area contributed by atoms with Crippen molar-refractivity contribution in [2.24, 2.45) is 23.2 Å². The van der Waals surface area contributed by atoms with Gasteiger partial charge in [0, 0.05) is 25.5 Å². The number of carbonyl (C=O) groups is 3. The van der Waals surface area contributed by atoms with Gasteiger partial charge in [-0.3, -0.25) is 19.3 Å². The van der Waals surface area contributed by atoms with E-state index in [1.165, 1.54) is 4.90 Å². The van der Waals surface area contributed by atoms with Crippen LogP contribution in [0.1, 0.15) is 65.5 Å². The van der Waals surface area contributed by atoms with Crippen LogP contribution in [0.15, 0.2) is 6.20 Å². The molecule has 1 aromatic heterocycles. The van der Waals surface area contributed by atoms with E-state index in [9.17, 15) is 14.4 Å². The molecule has 0 aromatic carbocycles. The minimum absolute atomic E-state index is 0.0202. The van der Waals surface area contributed by atoms with Crippen molar-refractivity contribution < 1.29 is 28.6 Å². The molecule has 2 fully saturated rings. The maximum Gasteiger partial charge on any atom is 0.233 e. The number of nitrogens with one attached hydrogen (secondary N) is 1. The van der Waals surface area contributed by atoms with Crippen LogP contribution in [0.25, 0.3) is 0 Å². The summed E-state index contributed by atoms with van der Waals surface area (Å²) in [6.07, 6.45) is 5.31. The SMILES string of the molecule is CCOCCOCCOCCn1cc(CNC(=O)C2CCC(CN3C(=O)CC(C(C)(C)C)C3=O)CC2)nn1.